The Hall–Kier alpha value is -2.70. The van der Waals surface area contributed by atoms with E-state index in [0.717, 1.165) is 24.2 Å². The van der Waals surface area contributed by atoms with Gasteiger partial charge in [0.15, 0.2) is 5.78 Å². The molecular formula is C20H25N3O4. The lowest BCUT2D eigenvalue weighted by Gasteiger charge is -2.36. The van der Waals surface area contributed by atoms with Crippen molar-refractivity contribution in [3.63, 3.8) is 0 Å². The van der Waals surface area contributed by atoms with Gasteiger partial charge in [-0.25, -0.2) is 4.79 Å². The van der Waals surface area contributed by atoms with E-state index < -0.39 is 11.6 Å². The number of nitrogens with one attached hydrogen (secondary N) is 2. The molecule has 2 aliphatic rings. The quantitative estimate of drug-likeness (QED) is 0.614. The van der Waals surface area contributed by atoms with Crippen molar-refractivity contribution in [2.75, 3.05) is 11.9 Å². The number of urea groups is 1. The number of ketones is 1. The molecule has 0 unspecified atom stereocenters. The molecule has 2 N–H and O–H groups in total. The van der Waals surface area contributed by atoms with E-state index >= 15 is 0 Å². The molecule has 7 heteroatoms. The molecule has 7 nitrogen and oxygen atoms in total. The van der Waals surface area contributed by atoms with Crippen molar-refractivity contribution in [1.29, 1.82) is 0 Å². The van der Waals surface area contributed by atoms with Crippen molar-refractivity contribution >= 4 is 29.3 Å². The standard InChI is InChI=1S/C20H25N3O4/c1-3-17(25)21-15-9-7-14(8-10-15)16(24)12-23-18(26)20(22-19(23)27)11-5-4-6-13(20)2/h7-10,13H,3-6,11-12H2,1-2H3,(H,21,25)(H,22,27)/t13-,20-/m1/s1. The zero-order valence-electron chi connectivity index (χ0n) is 15.7. The summed E-state index contributed by atoms with van der Waals surface area (Å²) < 4.78 is 0. The Labute approximate surface area is 158 Å². The maximum Gasteiger partial charge on any atom is 0.325 e. The lowest BCUT2D eigenvalue weighted by Crippen LogP contribution is -2.54. The minimum atomic E-state index is -0.857. The Morgan fingerprint density at radius 2 is 1.93 bits per heavy atom. The molecule has 1 aliphatic heterocycles. The summed E-state index contributed by atoms with van der Waals surface area (Å²) >= 11 is 0. The van der Waals surface area contributed by atoms with Crippen molar-refractivity contribution in [1.82, 2.24) is 10.2 Å². The lowest BCUT2D eigenvalue weighted by molar-refractivity contribution is -0.133. The number of nitrogens with zero attached hydrogens (tertiary/aromatic N) is 1. The summed E-state index contributed by atoms with van der Waals surface area (Å²) in [5.41, 5.74) is 0.135. The molecular weight excluding hydrogens is 346 g/mol. The minimum Gasteiger partial charge on any atom is -0.326 e. The third-order valence-corrected chi connectivity index (χ3v) is 5.61. The molecule has 2 atom stereocenters. The van der Waals surface area contributed by atoms with E-state index in [0.29, 0.717) is 24.1 Å². The van der Waals surface area contributed by atoms with Gasteiger partial charge in [0.25, 0.3) is 5.91 Å². The third-order valence-electron chi connectivity index (χ3n) is 5.61. The van der Waals surface area contributed by atoms with Crippen molar-refractivity contribution in [3.8, 4) is 0 Å². The van der Waals surface area contributed by atoms with Gasteiger partial charge in [-0.15, -0.1) is 0 Å². The summed E-state index contributed by atoms with van der Waals surface area (Å²) in [5, 5.41) is 5.56. The van der Waals surface area contributed by atoms with Crippen LogP contribution in [0.3, 0.4) is 0 Å². The first-order valence-corrected chi connectivity index (χ1v) is 9.44. The smallest absolute Gasteiger partial charge is 0.325 e. The van der Waals surface area contributed by atoms with E-state index in [1.807, 2.05) is 6.92 Å². The number of Topliss-reactive ketones (excluding diaryl/α,β-unsaturated/α-hetero) is 1. The summed E-state index contributed by atoms with van der Waals surface area (Å²) in [4.78, 5) is 50.3. The highest BCUT2D eigenvalue weighted by molar-refractivity contribution is 6.11. The Bertz CT molecular complexity index is 774. The van der Waals surface area contributed by atoms with Gasteiger partial charge in [0.1, 0.15) is 5.54 Å². The monoisotopic (exact) mass is 371 g/mol. The molecule has 27 heavy (non-hydrogen) atoms. The average molecular weight is 371 g/mol. The Morgan fingerprint density at radius 3 is 2.56 bits per heavy atom. The summed E-state index contributed by atoms with van der Waals surface area (Å²) in [6.07, 6.45) is 3.82. The topological polar surface area (TPSA) is 95.6 Å². The van der Waals surface area contributed by atoms with Crippen LogP contribution in [0.4, 0.5) is 10.5 Å². The minimum absolute atomic E-state index is 0.0595. The molecule has 0 bridgehead atoms. The van der Waals surface area contributed by atoms with Gasteiger partial charge in [-0.1, -0.05) is 26.7 Å². The van der Waals surface area contributed by atoms with Gasteiger partial charge in [0.2, 0.25) is 5.91 Å². The predicted octanol–water partition coefficient (Wildman–Crippen LogP) is 2.72. The fraction of sp³-hybridized carbons (Fsp3) is 0.500. The van der Waals surface area contributed by atoms with Crippen LogP contribution in [0.2, 0.25) is 0 Å². The van der Waals surface area contributed by atoms with E-state index in [9.17, 15) is 19.2 Å². The fourth-order valence-corrected chi connectivity index (χ4v) is 3.86. The second-order valence-corrected chi connectivity index (χ2v) is 7.34. The molecule has 1 aromatic carbocycles. The predicted molar refractivity (Wildman–Crippen MR) is 100 cm³/mol. The highest BCUT2D eigenvalue weighted by atomic mass is 16.2. The van der Waals surface area contributed by atoms with Crippen molar-refractivity contribution in [2.45, 2.75) is 51.5 Å². The molecule has 4 amide bonds. The molecule has 1 spiro atoms. The number of benzene rings is 1. The number of carbonyl (C=O) groups is 4. The first-order chi connectivity index (χ1) is 12.9. The van der Waals surface area contributed by atoms with Gasteiger partial charge in [-0.3, -0.25) is 19.3 Å². The molecule has 0 radical (unpaired) electrons. The van der Waals surface area contributed by atoms with E-state index in [4.69, 9.17) is 0 Å². The normalized spacial score (nSPS) is 24.8. The fourth-order valence-electron chi connectivity index (χ4n) is 3.86. The van der Waals surface area contributed by atoms with Crippen LogP contribution >= 0.6 is 0 Å². The molecule has 1 aliphatic carbocycles. The molecule has 2 fully saturated rings. The Kier molecular flexibility index (Phi) is 5.30. The molecule has 0 aromatic heterocycles. The summed E-state index contributed by atoms with van der Waals surface area (Å²) in [6.45, 7) is 3.46. The summed E-state index contributed by atoms with van der Waals surface area (Å²) in [7, 11) is 0. The third kappa shape index (κ3) is 3.59. The number of imide groups is 1. The Morgan fingerprint density at radius 1 is 1.22 bits per heavy atom. The number of hydrogen-bond acceptors (Lipinski definition) is 4. The zero-order chi connectivity index (χ0) is 19.6. The van der Waals surface area contributed by atoms with Crippen LogP contribution in [0.5, 0.6) is 0 Å². The van der Waals surface area contributed by atoms with E-state index in [1.165, 1.54) is 0 Å². The zero-order valence-corrected chi connectivity index (χ0v) is 15.7. The van der Waals surface area contributed by atoms with Crippen LogP contribution in [0.1, 0.15) is 56.3 Å². The number of rotatable bonds is 5. The van der Waals surface area contributed by atoms with Gasteiger partial charge >= 0.3 is 6.03 Å². The maximum atomic E-state index is 12.9. The number of hydrogen-bond donors (Lipinski definition) is 2. The van der Waals surface area contributed by atoms with Crippen molar-refractivity contribution < 1.29 is 19.2 Å². The van der Waals surface area contributed by atoms with Crippen molar-refractivity contribution in [3.05, 3.63) is 29.8 Å². The van der Waals surface area contributed by atoms with E-state index in [-0.39, 0.29) is 30.1 Å². The maximum absolute atomic E-state index is 12.9. The molecule has 1 saturated heterocycles. The van der Waals surface area contributed by atoms with Crippen LogP contribution < -0.4 is 10.6 Å². The van der Waals surface area contributed by atoms with Gasteiger partial charge < -0.3 is 10.6 Å². The van der Waals surface area contributed by atoms with Gasteiger partial charge in [-0.2, -0.15) is 0 Å². The van der Waals surface area contributed by atoms with E-state index in [2.05, 4.69) is 10.6 Å². The highest BCUT2D eigenvalue weighted by Crippen LogP contribution is 2.38. The van der Waals surface area contributed by atoms with Crippen molar-refractivity contribution in [2.24, 2.45) is 5.92 Å². The molecule has 3 rings (SSSR count). The molecule has 144 valence electrons. The summed E-state index contributed by atoms with van der Waals surface area (Å²) in [5.74, 6) is -0.656. The first-order valence-electron chi connectivity index (χ1n) is 9.44. The Balaban J connectivity index is 1.69. The van der Waals surface area contributed by atoms with Gasteiger partial charge in [-0.05, 0) is 43.0 Å². The van der Waals surface area contributed by atoms with Gasteiger partial charge in [0, 0.05) is 17.7 Å². The first kappa shape index (κ1) is 19.1. The number of anilines is 1. The van der Waals surface area contributed by atoms with Gasteiger partial charge in [0.05, 0.1) is 6.54 Å². The SMILES string of the molecule is CCC(=O)Nc1ccc(C(=O)CN2C(=O)N[C@@]3(CCCC[C@H]3C)C2=O)cc1. The highest BCUT2D eigenvalue weighted by Gasteiger charge is 2.55. The number of carbonyl (C=O) groups excluding carboxylic acids is 4. The summed E-state index contributed by atoms with van der Waals surface area (Å²) in [6, 6.07) is 5.96. The van der Waals surface area contributed by atoms with Crippen LogP contribution in [0, 0.1) is 5.92 Å². The second kappa shape index (κ2) is 7.50. The largest absolute Gasteiger partial charge is 0.326 e. The molecule has 1 aromatic rings. The second-order valence-electron chi connectivity index (χ2n) is 7.34. The number of amides is 4. The molecule has 1 saturated carbocycles. The van der Waals surface area contributed by atoms with Crippen LogP contribution in [-0.2, 0) is 9.59 Å². The van der Waals surface area contributed by atoms with Crippen LogP contribution in [0.15, 0.2) is 24.3 Å². The van der Waals surface area contributed by atoms with Crippen LogP contribution in [0.25, 0.3) is 0 Å². The van der Waals surface area contributed by atoms with E-state index in [1.54, 1.807) is 31.2 Å². The molecule has 1 heterocycles. The lowest BCUT2D eigenvalue weighted by atomic mass is 9.73. The average Bonchev–Trinajstić information content (AvgIpc) is 2.89. The van der Waals surface area contributed by atoms with Crippen LogP contribution in [-0.4, -0.2) is 40.6 Å².